The van der Waals surface area contributed by atoms with Crippen LogP contribution in [-0.4, -0.2) is 49.1 Å². The van der Waals surface area contributed by atoms with Gasteiger partial charge in [-0.1, -0.05) is 0 Å². The zero-order valence-electron chi connectivity index (χ0n) is 15.0. The van der Waals surface area contributed by atoms with Gasteiger partial charge in [0.2, 0.25) is 10.0 Å². The van der Waals surface area contributed by atoms with E-state index in [0.717, 1.165) is 27.7 Å². The molecule has 0 saturated carbocycles. The molecular formula is C17H22N4O4S. The van der Waals surface area contributed by atoms with Gasteiger partial charge in [-0.15, -0.1) is 0 Å². The lowest BCUT2D eigenvalue weighted by molar-refractivity contribution is 0.0947. The van der Waals surface area contributed by atoms with Crippen LogP contribution in [0.2, 0.25) is 0 Å². The third kappa shape index (κ3) is 3.50. The van der Waals surface area contributed by atoms with Crippen molar-refractivity contribution in [3.05, 3.63) is 46.8 Å². The van der Waals surface area contributed by atoms with Gasteiger partial charge >= 0.3 is 0 Å². The van der Waals surface area contributed by atoms with Gasteiger partial charge in [0.25, 0.3) is 5.91 Å². The summed E-state index contributed by atoms with van der Waals surface area (Å²) >= 11 is 0. The van der Waals surface area contributed by atoms with E-state index in [0.29, 0.717) is 25.3 Å². The highest BCUT2D eigenvalue weighted by Crippen LogP contribution is 2.20. The molecule has 1 N–H and O–H groups in total. The maximum Gasteiger partial charge on any atom is 0.251 e. The summed E-state index contributed by atoms with van der Waals surface area (Å²) < 4.78 is 32.6. The molecule has 0 unspecified atom stereocenters. The standard InChI is InChI=1S/C17H22N4O4S/c1-20(2)26(23,24)13-6-4-12(5-7-13)17(22)18-10-15-14-11-25-9-8-16(14)21(3)19-15/h4-7H,8-11H2,1-3H3,(H,18,22). The fraction of sp³-hybridized carbons (Fsp3) is 0.412. The Labute approximate surface area is 152 Å². The Morgan fingerprint density at radius 3 is 2.65 bits per heavy atom. The van der Waals surface area contributed by atoms with Gasteiger partial charge in [-0.05, 0) is 24.3 Å². The molecule has 1 aliphatic heterocycles. The number of nitrogens with zero attached hydrogens (tertiary/aromatic N) is 3. The number of hydrogen-bond donors (Lipinski definition) is 1. The zero-order valence-corrected chi connectivity index (χ0v) is 15.8. The topological polar surface area (TPSA) is 93.5 Å². The van der Waals surface area contributed by atoms with Crippen molar-refractivity contribution in [3.8, 4) is 0 Å². The molecule has 0 spiro atoms. The van der Waals surface area contributed by atoms with E-state index in [9.17, 15) is 13.2 Å². The van der Waals surface area contributed by atoms with Crippen molar-refractivity contribution in [3.63, 3.8) is 0 Å². The molecule has 9 heteroatoms. The molecule has 0 bridgehead atoms. The minimum Gasteiger partial charge on any atom is -0.376 e. The Hall–Kier alpha value is -2.23. The van der Waals surface area contributed by atoms with Gasteiger partial charge in [0, 0.05) is 44.4 Å². The number of carbonyl (C=O) groups excluding carboxylic acids is 1. The largest absolute Gasteiger partial charge is 0.376 e. The molecule has 1 aromatic carbocycles. The first-order valence-electron chi connectivity index (χ1n) is 8.23. The highest BCUT2D eigenvalue weighted by Gasteiger charge is 2.21. The van der Waals surface area contributed by atoms with Crippen LogP contribution in [0, 0.1) is 0 Å². The molecule has 140 valence electrons. The quantitative estimate of drug-likeness (QED) is 0.826. The normalized spacial score (nSPS) is 14.3. The van der Waals surface area contributed by atoms with E-state index in [1.165, 1.54) is 38.4 Å². The molecule has 0 radical (unpaired) electrons. The second-order valence-electron chi connectivity index (χ2n) is 6.29. The number of aryl methyl sites for hydroxylation is 1. The summed E-state index contributed by atoms with van der Waals surface area (Å²) in [6.07, 6.45) is 0.814. The fourth-order valence-electron chi connectivity index (χ4n) is 2.88. The number of sulfonamides is 1. The molecule has 1 aliphatic rings. The number of benzene rings is 1. The van der Waals surface area contributed by atoms with Crippen molar-refractivity contribution >= 4 is 15.9 Å². The van der Waals surface area contributed by atoms with Crippen LogP contribution >= 0.6 is 0 Å². The van der Waals surface area contributed by atoms with Crippen molar-refractivity contribution in [1.29, 1.82) is 0 Å². The number of rotatable bonds is 5. The van der Waals surface area contributed by atoms with E-state index in [1.54, 1.807) is 0 Å². The first-order chi connectivity index (χ1) is 12.3. The van der Waals surface area contributed by atoms with Gasteiger partial charge in [0.1, 0.15) is 0 Å². The molecule has 3 rings (SSSR count). The Bertz CT molecular complexity index is 917. The summed E-state index contributed by atoms with van der Waals surface area (Å²) in [5.41, 5.74) is 3.36. The number of amides is 1. The highest BCUT2D eigenvalue weighted by molar-refractivity contribution is 7.89. The Balaban J connectivity index is 1.70. The number of aromatic nitrogens is 2. The number of nitrogens with one attached hydrogen (secondary N) is 1. The predicted molar refractivity (Wildman–Crippen MR) is 95.1 cm³/mol. The Kier molecular flexibility index (Phi) is 5.12. The van der Waals surface area contributed by atoms with E-state index in [-0.39, 0.29) is 10.8 Å². The number of hydrogen-bond acceptors (Lipinski definition) is 5. The summed E-state index contributed by atoms with van der Waals surface area (Å²) in [6.45, 7) is 1.48. The lowest BCUT2D eigenvalue weighted by Crippen LogP contribution is -2.25. The smallest absolute Gasteiger partial charge is 0.251 e. The van der Waals surface area contributed by atoms with Gasteiger partial charge in [-0.2, -0.15) is 5.10 Å². The second-order valence-corrected chi connectivity index (χ2v) is 8.44. The minimum absolute atomic E-state index is 0.148. The minimum atomic E-state index is -3.51. The van der Waals surface area contributed by atoms with E-state index < -0.39 is 10.0 Å². The molecule has 1 amide bonds. The van der Waals surface area contributed by atoms with Gasteiger partial charge in [-0.25, -0.2) is 12.7 Å². The van der Waals surface area contributed by atoms with Crippen molar-refractivity contribution in [1.82, 2.24) is 19.4 Å². The first-order valence-corrected chi connectivity index (χ1v) is 9.67. The molecule has 0 fully saturated rings. The van der Waals surface area contributed by atoms with E-state index in [4.69, 9.17) is 4.74 Å². The first kappa shape index (κ1) is 18.6. The maximum atomic E-state index is 12.4. The summed E-state index contributed by atoms with van der Waals surface area (Å²) in [6, 6.07) is 5.87. The summed E-state index contributed by atoms with van der Waals surface area (Å²) in [7, 11) is 1.31. The van der Waals surface area contributed by atoms with Crippen LogP contribution in [0.4, 0.5) is 0 Å². The zero-order chi connectivity index (χ0) is 18.9. The highest BCUT2D eigenvalue weighted by atomic mass is 32.2. The van der Waals surface area contributed by atoms with Crippen LogP contribution in [0.25, 0.3) is 0 Å². The fourth-order valence-corrected chi connectivity index (χ4v) is 3.78. The SMILES string of the molecule is CN(C)S(=O)(=O)c1ccc(C(=O)NCc2nn(C)c3c2COCC3)cc1. The Morgan fingerprint density at radius 2 is 2.00 bits per heavy atom. The van der Waals surface area contributed by atoms with Crippen LogP contribution in [-0.2, 0) is 41.4 Å². The van der Waals surface area contributed by atoms with E-state index >= 15 is 0 Å². The summed E-state index contributed by atoms with van der Waals surface area (Å²) in [4.78, 5) is 12.5. The van der Waals surface area contributed by atoms with E-state index in [2.05, 4.69) is 10.4 Å². The van der Waals surface area contributed by atoms with Crippen molar-refractivity contribution in [2.24, 2.45) is 7.05 Å². The maximum absolute atomic E-state index is 12.4. The molecule has 8 nitrogen and oxygen atoms in total. The average Bonchev–Trinajstić information content (AvgIpc) is 2.96. The van der Waals surface area contributed by atoms with Crippen LogP contribution in [0.3, 0.4) is 0 Å². The number of carbonyl (C=O) groups is 1. The van der Waals surface area contributed by atoms with Crippen molar-refractivity contribution < 1.29 is 17.9 Å². The molecule has 26 heavy (non-hydrogen) atoms. The third-order valence-corrected chi connectivity index (χ3v) is 6.23. The van der Waals surface area contributed by atoms with Gasteiger partial charge in [0.15, 0.2) is 0 Å². The van der Waals surface area contributed by atoms with Gasteiger partial charge in [-0.3, -0.25) is 9.48 Å². The molecule has 0 atom stereocenters. The number of ether oxygens (including phenoxy) is 1. The van der Waals surface area contributed by atoms with Crippen LogP contribution in [0.15, 0.2) is 29.2 Å². The predicted octanol–water partition coefficient (Wildman–Crippen LogP) is 0.673. The number of fused-ring (bicyclic) bond motifs is 1. The van der Waals surface area contributed by atoms with Gasteiger partial charge in [0.05, 0.1) is 30.3 Å². The van der Waals surface area contributed by atoms with Crippen molar-refractivity contribution in [2.45, 2.75) is 24.5 Å². The molecule has 0 saturated heterocycles. The average molecular weight is 378 g/mol. The van der Waals surface area contributed by atoms with Crippen LogP contribution in [0.1, 0.15) is 27.3 Å². The third-order valence-electron chi connectivity index (χ3n) is 4.40. The molecule has 2 aromatic rings. The molecular weight excluding hydrogens is 356 g/mol. The lowest BCUT2D eigenvalue weighted by atomic mass is 10.1. The summed E-state index contributed by atoms with van der Waals surface area (Å²) in [5.74, 6) is -0.282. The lowest BCUT2D eigenvalue weighted by Gasteiger charge is -2.14. The van der Waals surface area contributed by atoms with Crippen molar-refractivity contribution in [2.75, 3.05) is 20.7 Å². The van der Waals surface area contributed by atoms with Gasteiger partial charge < -0.3 is 10.1 Å². The van der Waals surface area contributed by atoms with E-state index in [1.807, 2.05) is 11.7 Å². The monoisotopic (exact) mass is 378 g/mol. The summed E-state index contributed by atoms with van der Waals surface area (Å²) in [5, 5.41) is 7.29. The molecule has 2 heterocycles. The van der Waals surface area contributed by atoms with Crippen LogP contribution in [0.5, 0.6) is 0 Å². The Morgan fingerprint density at radius 1 is 1.31 bits per heavy atom. The second kappa shape index (κ2) is 7.18. The molecule has 0 aliphatic carbocycles. The molecule has 1 aromatic heterocycles. The van der Waals surface area contributed by atoms with Crippen LogP contribution < -0.4 is 5.32 Å².